The molecule has 0 fully saturated rings. The summed E-state index contributed by atoms with van der Waals surface area (Å²) in [6.07, 6.45) is 0.856. The Hall–Kier alpha value is -1.75. The van der Waals surface area contributed by atoms with Crippen LogP contribution in [0.4, 0.5) is 5.69 Å². The Morgan fingerprint density at radius 3 is 2.63 bits per heavy atom. The van der Waals surface area contributed by atoms with E-state index in [2.05, 4.69) is 5.32 Å². The van der Waals surface area contributed by atoms with Crippen molar-refractivity contribution < 1.29 is 14.3 Å². The quantitative estimate of drug-likeness (QED) is 0.610. The third kappa shape index (κ3) is 6.67. The van der Waals surface area contributed by atoms with Gasteiger partial charge in [0, 0.05) is 12.1 Å². The largest absolute Gasteiger partial charge is 0.465 e. The number of carbonyl (C=O) groups is 2. The van der Waals surface area contributed by atoms with E-state index in [1.54, 1.807) is 13.0 Å². The first-order valence-electron chi connectivity index (χ1n) is 5.89. The van der Waals surface area contributed by atoms with Gasteiger partial charge in [0.2, 0.25) is 5.91 Å². The fourth-order valence-electron chi connectivity index (χ4n) is 1.48. The summed E-state index contributed by atoms with van der Waals surface area (Å²) in [5, 5.41) is 2.50. The van der Waals surface area contributed by atoms with Gasteiger partial charge >= 0.3 is 5.97 Å². The van der Waals surface area contributed by atoms with Gasteiger partial charge in [0.05, 0.1) is 6.61 Å². The molecule has 0 atom stereocenters. The number of carbonyl (C=O) groups excluding carboxylic acids is 2. The molecule has 0 saturated heterocycles. The van der Waals surface area contributed by atoms with E-state index in [1.807, 2.05) is 18.2 Å². The molecule has 5 nitrogen and oxygen atoms in total. The highest BCUT2D eigenvalue weighted by molar-refractivity contribution is 5.85. The molecule has 0 spiro atoms. The smallest absolute Gasteiger partial charge is 0.325 e. The third-order valence-corrected chi connectivity index (χ3v) is 2.41. The minimum Gasteiger partial charge on any atom is -0.465 e. The van der Waals surface area contributed by atoms with Crippen molar-refractivity contribution in [2.45, 2.75) is 19.8 Å². The lowest BCUT2D eigenvalue weighted by molar-refractivity contribution is -0.143. The van der Waals surface area contributed by atoms with Crippen LogP contribution in [-0.2, 0) is 20.7 Å². The number of nitrogens with two attached hydrogens (primary N) is 1. The lowest BCUT2D eigenvalue weighted by Gasteiger charge is -2.06. The van der Waals surface area contributed by atoms with E-state index in [0.717, 1.165) is 5.56 Å². The minimum absolute atomic E-state index is 0. The summed E-state index contributed by atoms with van der Waals surface area (Å²) in [5.74, 6) is -0.614. The molecule has 0 aromatic heterocycles. The number of esters is 1. The summed E-state index contributed by atoms with van der Waals surface area (Å²) in [7, 11) is 0. The Bertz CT molecular complexity index is 424. The van der Waals surface area contributed by atoms with Crippen molar-refractivity contribution in [3.8, 4) is 0 Å². The Kier molecular flexibility index (Phi) is 8.37. The van der Waals surface area contributed by atoms with Gasteiger partial charge in [-0.3, -0.25) is 9.59 Å². The fourth-order valence-corrected chi connectivity index (χ4v) is 1.48. The van der Waals surface area contributed by atoms with E-state index in [4.69, 9.17) is 10.5 Å². The summed E-state index contributed by atoms with van der Waals surface area (Å²) >= 11 is 0. The lowest BCUT2D eigenvalue weighted by atomic mass is 10.1. The number of nitrogens with one attached hydrogen (secondary N) is 1. The van der Waals surface area contributed by atoms with Crippen LogP contribution in [0.25, 0.3) is 0 Å². The predicted molar refractivity (Wildman–Crippen MR) is 76.1 cm³/mol. The van der Waals surface area contributed by atoms with Crippen molar-refractivity contribution in [2.75, 3.05) is 18.9 Å². The standard InChI is InChI=1S/C13H18N2O3.ClH/c1-2-18-13(17)9-15-12(16)8-7-10-5-3-4-6-11(10)14;/h3-6H,2,7-9,14H2,1H3,(H,15,16);1H. The lowest BCUT2D eigenvalue weighted by Crippen LogP contribution is -2.30. The van der Waals surface area contributed by atoms with Crippen LogP contribution in [0, 0.1) is 0 Å². The van der Waals surface area contributed by atoms with E-state index in [9.17, 15) is 9.59 Å². The average Bonchev–Trinajstić information content (AvgIpc) is 2.36. The summed E-state index contributed by atoms with van der Waals surface area (Å²) in [4.78, 5) is 22.5. The molecule has 6 heteroatoms. The minimum atomic E-state index is -0.426. The number of nitrogen functional groups attached to an aromatic ring is 1. The fraction of sp³-hybridized carbons (Fsp3) is 0.385. The Labute approximate surface area is 118 Å². The molecule has 19 heavy (non-hydrogen) atoms. The van der Waals surface area contributed by atoms with Gasteiger partial charge in [-0.1, -0.05) is 18.2 Å². The van der Waals surface area contributed by atoms with E-state index in [0.29, 0.717) is 25.1 Å². The SMILES string of the molecule is CCOC(=O)CNC(=O)CCc1ccccc1N.Cl. The van der Waals surface area contributed by atoms with Crippen LogP contribution in [0.15, 0.2) is 24.3 Å². The van der Waals surface area contributed by atoms with Crippen LogP contribution >= 0.6 is 12.4 Å². The van der Waals surface area contributed by atoms with E-state index in [-0.39, 0.29) is 24.9 Å². The molecule has 0 aliphatic carbocycles. The van der Waals surface area contributed by atoms with Crippen LogP contribution in [0.5, 0.6) is 0 Å². The molecule has 0 aliphatic heterocycles. The number of rotatable bonds is 6. The van der Waals surface area contributed by atoms with Gasteiger partial charge < -0.3 is 15.8 Å². The molecule has 0 radical (unpaired) electrons. The van der Waals surface area contributed by atoms with Crippen LogP contribution in [-0.4, -0.2) is 25.0 Å². The number of hydrogen-bond donors (Lipinski definition) is 2. The normalized spacial score (nSPS) is 9.32. The van der Waals surface area contributed by atoms with Crippen molar-refractivity contribution in [1.29, 1.82) is 0 Å². The molecule has 0 saturated carbocycles. The third-order valence-electron chi connectivity index (χ3n) is 2.41. The molecular formula is C13H19ClN2O3. The first-order valence-corrected chi connectivity index (χ1v) is 5.89. The van der Waals surface area contributed by atoms with Gasteiger partial charge in [0.25, 0.3) is 0 Å². The molecular weight excluding hydrogens is 268 g/mol. The maximum atomic E-state index is 11.5. The van der Waals surface area contributed by atoms with Crippen LogP contribution in [0.1, 0.15) is 18.9 Å². The number of halogens is 1. The Morgan fingerprint density at radius 2 is 2.00 bits per heavy atom. The number of benzene rings is 1. The molecule has 0 bridgehead atoms. The molecule has 1 rings (SSSR count). The molecule has 1 amide bonds. The molecule has 0 unspecified atom stereocenters. The second-order valence-electron chi connectivity index (χ2n) is 3.78. The van der Waals surface area contributed by atoms with Crippen molar-refractivity contribution >= 4 is 30.0 Å². The number of hydrogen-bond acceptors (Lipinski definition) is 4. The zero-order chi connectivity index (χ0) is 13.4. The monoisotopic (exact) mass is 286 g/mol. The number of anilines is 1. The Morgan fingerprint density at radius 1 is 1.32 bits per heavy atom. The highest BCUT2D eigenvalue weighted by Crippen LogP contribution is 2.12. The molecule has 0 heterocycles. The van der Waals surface area contributed by atoms with Crippen molar-refractivity contribution in [1.82, 2.24) is 5.32 Å². The number of para-hydroxylation sites is 1. The predicted octanol–water partition coefficient (Wildman–Crippen LogP) is 1.30. The zero-order valence-corrected chi connectivity index (χ0v) is 11.7. The average molecular weight is 287 g/mol. The first-order chi connectivity index (χ1) is 8.63. The van der Waals surface area contributed by atoms with Crippen molar-refractivity contribution in [3.05, 3.63) is 29.8 Å². The van der Waals surface area contributed by atoms with Crippen LogP contribution in [0.2, 0.25) is 0 Å². The molecule has 106 valence electrons. The van der Waals surface area contributed by atoms with E-state index < -0.39 is 5.97 Å². The topological polar surface area (TPSA) is 81.4 Å². The molecule has 1 aromatic carbocycles. The molecule has 1 aromatic rings. The summed E-state index contributed by atoms with van der Waals surface area (Å²) in [5.41, 5.74) is 7.37. The maximum absolute atomic E-state index is 11.5. The van der Waals surface area contributed by atoms with Gasteiger partial charge in [-0.15, -0.1) is 12.4 Å². The molecule has 3 N–H and O–H groups in total. The zero-order valence-electron chi connectivity index (χ0n) is 10.8. The van der Waals surface area contributed by atoms with Crippen LogP contribution in [0.3, 0.4) is 0 Å². The summed E-state index contributed by atoms with van der Waals surface area (Å²) in [6, 6.07) is 7.40. The summed E-state index contributed by atoms with van der Waals surface area (Å²) < 4.78 is 4.70. The maximum Gasteiger partial charge on any atom is 0.325 e. The second kappa shape index (κ2) is 9.22. The van der Waals surface area contributed by atoms with Gasteiger partial charge in [-0.2, -0.15) is 0 Å². The number of ether oxygens (including phenoxy) is 1. The molecule has 0 aliphatic rings. The Balaban J connectivity index is 0.00000324. The second-order valence-corrected chi connectivity index (χ2v) is 3.78. The van der Waals surface area contributed by atoms with Gasteiger partial charge in [0.1, 0.15) is 6.54 Å². The van der Waals surface area contributed by atoms with Crippen molar-refractivity contribution in [2.24, 2.45) is 0 Å². The first kappa shape index (κ1) is 17.2. The van der Waals surface area contributed by atoms with Gasteiger partial charge in [-0.05, 0) is 25.0 Å². The highest BCUT2D eigenvalue weighted by atomic mass is 35.5. The van der Waals surface area contributed by atoms with E-state index in [1.165, 1.54) is 0 Å². The summed E-state index contributed by atoms with van der Waals surface area (Å²) in [6.45, 7) is 1.95. The number of aryl methyl sites for hydroxylation is 1. The van der Waals surface area contributed by atoms with E-state index >= 15 is 0 Å². The number of amides is 1. The highest BCUT2D eigenvalue weighted by Gasteiger charge is 2.07. The van der Waals surface area contributed by atoms with Crippen molar-refractivity contribution in [3.63, 3.8) is 0 Å². The van der Waals surface area contributed by atoms with Gasteiger partial charge in [-0.25, -0.2) is 0 Å². The van der Waals surface area contributed by atoms with Crippen LogP contribution < -0.4 is 11.1 Å². The van der Waals surface area contributed by atoms with Gasteiger partial charge in [0.15, 0.2) is 0 Å².